The fourth-order valence-corrected chi connectivity index (χ4v) is 1.17. The third kappa shape index (κ3) is 2.78. The van der Waals surface area contributed by atoms with Crippen LogP contribution in [0.1, 0.15) is 12.0 Å². The fourth-order valence-electron chi connectivity index (χ4n) is 1.17. The smallest absolute Gasteiger partial charge is 0.126 e. The molecule has 76 valence electrons. The molecule has 0 amide bonds. The molecule has 0 radical (unpaired) electrons. The minimum Gasteiger partial charge on any atom is -0.496 e. The van der Waals surface area contributed by atoms with E-state index in [0.717, 1.165) is 11.3 Å². The summed E-state index contributed by atoms with van der Waals surface area (Å²) >= 11 is 0. The second-order valence-electron chi connectivity index (χ2n) is 2.92. The molecule has 3 N–H and O–H groups in total. The van der Waals surface area contributed by atoms with Crippen molar-refractivity contribution in [1.29, 1.82) is 0 Å². The first-order valence-electron chi connectivity index (χ1n) is 4.49. The van der Waals surface area contributed by atoms with Gasteiger partial charge in [0.25, 0.3) is 0 Å². The van der Waals surface area contributed by atoms with E-state index in [-0.39, 0.29) is 6.61 Å². The Balaban J connectivity index is 2.87. The van der Waals surface area contributed by atoms with Crippen LogP contribution in [-0.2, 0) is 0 Å². The lowest BCUT2D eigenvalue weighted by molar-refractivity contribution is 0.303. The topological polar surface area (TPSA) is 55.5 Å². The molecule has 0 aliphatic rings. The van der Waals surface area contributed by atoms with Crippen LogP contribution in [-0.4, -0.2) is 18.8 Å². The molecular formula is C11H15NO2. The number of hydrogen-bond acceptors (Lipinski definition) is 3. The Labute approximate surface area is 83.8 Å². The monoisotopic (exact) mass is 193 g/mol. The van der Waals surface area contributed by atoms with Crippen LogP contribution in [0.25, 0.3) is 6.08 Å². The normalized spacial score (nSPS) is 10.7. The van der Waals surface area contributed by atoms with Gasteiger partial charge in [0, 0.05) is 17.9 Å². The summed E-state index contributed by atoms with van der Waals surface area (Å²) in [6, 6.07) is 5.46. The minimum atomic E-state index is 0.154. The van der Waals surface area contributed by atoms with Crippen LogP contribution < -0.4 is 10.5 Å². The quantitative estimate of drug-likeness (QED) is 0.715. The van der Waals surface area contributed by atoms with Gasteiger partial charge in [-0.2, -0.15) is 0 Å². The van der Waals surface area contributed by atoms with Crippen LogP contribution in [0.3, 0.4) is 0 Å². The van der Waals surface area contributed by atoms with Gasteiger partial charge in [0.15, 0.2) is 0 Å². The third-order valence-electron chi connectivity index (χ3n) is 1.85. The maximum Gasteiger partial charge on any atom is 0.126 e. The number of aliphatic hydroxyl groups excluding tert-OH is 1. The maximum atomic E-state index is 8.62. The first-order valence-corrected chi connectivity index (χ1v) is 4.49. The lowest BCUT2D eigenvalue weighted by Crippen LogP contribution is -1.90. The van der Waals surface area contributed by atoms with Crippen molar-refractivity contribution >= 4 is 11.8 Å². The number of nitrogen functional groups attached to an aromatic ring is 1. The van der Waals surface area contributed by atoms with Gasteiger partial charge in [-0.15, -0.1) is 0 Å². The molecule has 1 aromatic rings. The van der Waals surface area contributed by atoms with Crippen molar-refractivity contribution in [2.24, 2.45) is 0 Å². The number of methoxy groups -OCH3 is 1. The zero-order valence-electron chi connectivity index (χ0n) is 8.23. The molecule has 14 heavy (non-hydrogen) atoms. The molecule has 1 aromatic carbocycles. The van der Waals surface area contributed by atoms with Crippen molar-refractivity contribution in [3.8, 4) is 5.75 Å². The van der Waals surface area contributed by atoms with Gasteiger partial charge in [0.1, 0.15) is 5.75 Å². The van der Waals surface area contributed by atoms with Gasteiger partial charge in [0.05, 0.1) is 7.11 Å². The molecule has 3 heteroatoms. The molecule has 3 nitrogen and oxygen atoms in total. The van der Waals surface area contributed by atoms with Gasteiger partial charge in [-0.1, -0.05) is 12.2 Å². The molecular weight excluding hydrogens is 178 g/mol. The van der Waals surface area contributed by atoms with Gasteiger partial charge in [-0.3, -0.25) is 0 Å². The van der Waals surface area contributed by atoms with E-state index in [1.165, 1.54) is 0 Å². The number of rotatable bonds is 4. The van der Waals surface area contributed by atoms with Crippen LogP contribution >= 0.6 is 0 Å². The Morgan fingerprint density at radius 2 is 2.29 bits per heavy atom. The van der Waals surface area contributed by atoms with Gasteiger partial charge >= 0.3 is 0 Å². The number of nitrogens with two attached hydrogens (primary N) is 1. The summed E-state index contributed by atoms with van der Waals surface area (Å²) < 4.78 is 5.16. The third-order valence-corrected chi connectivity index (χ3v) is 1.85. The zero-order chi connectivity index (χ0) is 10.4. The van der Waals surface area contributed by atoms with Gasteiger partial charge in [-0.25, -0.2) is 0 Å². The molecule has 0 spiro atoms. The summed E-state index contributed by atoms with van der Waals surface area (Å²) in [6.45, 7) is 0.154. The van der Waals surface area contributed by atoms with Crippen molar-refractivity contribution < 1.29 is 9.84 Å². The van der Waals surface area contributed by atoms with Gasteiger partial charge < -0.3 is 15.6 Å². The highest BCUT2D eigenvalue weighted by Gasteiger charge is 1.98. The minimum absolute atomic E-state index is 0.154. The molecule has 0 atom stereocenters. The van der Waals surface area contributed by atoms with Crippen molar-refractivity contribution in [2.45, 2.75) is 6.42 Å². The van der Waals surface area contributed by atoms with Crippen molar-refractivity contribution in [1.82, 2.24) is 0 Å². The predicted molar refractivity (Wildman–Crippen MR) is 58.1 cm³/mol. The van der Waals surface area contributed by atoms with E-state index in [9.17, 15) is 0 Å². The average molecular weight is 193 g/mol. The first kappa shape index (κ1) is 10.6. The van der Waals surface area contributed by atoms with Crippen LogP contribution in [0.2, 0.25) is 0 Å². The summed E-state index contributed by atoms with van der Waals surface area (Å²) in [6.07, 6.45) is 4.42. The van der Waals surface area contributed by atoms with Gasteiger partial charge in [0.2, 0.25) is 0 Å². The molecule has 0 aliphatic heterocycles. The standard InChI is InChI=1S/C11H15NO2/c1-14-11-6-5-10(12)8-9(11)4-2-3-7-13/h2,4-6,8,13H,3,7,12H2,1H3. The van der Waals surface area contributed by atoms with Gasteiger partial charge in [-0.05, 0) is 24.6 Å². The first-order chi connectivity index (χ1) is 6.77. The predicted octanol–water partition coefficient (Wildman–Crippen LogP) is 1.67. The van der Waals surface area contributed by atoms with E-state index in [4.69, 9.17) is 15.6 Å². The van der Waals surface area contributed by atoms with Crippen LogP contribution in [0.5, 0.6) is 5.75 Å². The lowest BCUT2D eigenvalue weighted by Gasteiger charge is -2.05. The van der Waals surface area contributed by atoms with Crippen molar-refractivity contribution in [3.05, 3.63) is 29.8 Å². The molecule has 0 fully saturated rings. The highest BCUT2D eigenvalue weighted by atomic mass is 16.5. The van der Waals surface area contributed by atoms with Crippen molar-refractivity contribution in [3.63, 3.8) is 0 Å². The molecule has 0 saturated heterocycles. The number of anilines is 1. The molecule has 0 saturated carbocycles. The van der Waals surface area contributed by atoms with Crippen molar-refractivity contribution in [2.75, 3.05) is 19.5 Å². The van der Waals surface area contributed by atoms with E-state index in [0.29, 0.717) is 12.1 Å². The van der Waals surface area contributed by atoms with E-state index < -0.39 is 0 Å². The highest BCUT2D eigenvalue weighted by molar-refractivity contribution is 5.62. The SMILES string of the molecule is COc1ccc(N)cc1C=CCCO. The highest BCUT2D eigenvalue weighted by Crippen LogP contribution is 2.22. The number of benzene rings is 1. The Morgan fingerprint density at radius 1 is 1.50 bits per heavy atom. The molecule has 0 aromatic heterocycles. The molecule has 1 rings (SSSR count). The number of ether oxygens (including phenoxy) is 1. The number of aliphatic hydroxyl groups is 1. The summed E-state index contributed by atoms with van der Waals surface area (Å²) in [5.74, 6) is 0.786. The lowest BCUT2D eigenvalue weighted by atomic mass is 10.1. The van der Waals surface area contributed by atoms with E-state index in [1.807, 2.05) is 24.3 Å². The summed E-state index contributed by atoms with van der Waals surface area (Å²) in [4.78, 5) is 0. The summed E-state index contributed by atoms with van der Waals surface area (Å²) in [7, 11) is 1.62. The average Bonchev–Trinajstić information content (AvgIpc) is 2.19. The largest absolute Gasteiger partial charge is 0.496 e. The number of hydrogen-bond donors (Lipinski definition) is 2. The Hall–Kier alpha value is -1.48. The van der Waals surface area contributed by atoms with E-state index in [2.05, 4.69) is 0 Å². The Morgan fingerprint density at radius 3 is 2.93 bits per heavy atom. The van der Waals surface area contributed by atoms with Crippen LogP contribution in [0, 0.1) is 0 Å². The van der Waals surface area contributed by atoms with E-state index in [1.54, 1.807) is 13.2 Å². The second-order valence-corrected chi connectivity index (χ2v) is 2.92. The Bertz CT molecular complexity index is 321. The van der Waals surface area contributed by atoms with E-state index >= 15 is 0 Å². The molecule has 0 unspecified atom stereocenters. The summed E-state index contributed by atoms with van der Waals surface area (Å²) in [5.41, 5.74) is 7.28. The fraction of sp³-hybridized carbons (Fsp3) is 0.273. The van der Waals surface area contributed by atoms with Crippen LogP contribution in [0.4, 0.5) is 5.69 Å². The molecule has 0 heterocycles. The van der Waals surface area contributed by atoms with Crippen LogP contribution in [0.15, 0.2) is 24.3 Å². The maximum absolute atomic E-state index is 8.62. The Kier molecular flexibility index (Phi) is 4.01. The molecule has 0 bridgehead atoms. The molecule has 0 aliphatic carbocycles. The summed E-state index contributed by atoms with van der Waals surface area (Å²) in [5, 5.41) is 8.62. The zero-order valence-corrected chi connectivity index (χ0v) is 8.23. The second kappa shape index (κ2) is 5.29.